The average molecular weight is 273 g/mol. The first kappa shape index (κ1) is 15.6. The standard InChI is InChI=1S/C17H23NS/c1-7-19-17(12(2)3)16-10-8-15(9-11-16)14(6)18-13(4)5/h7-11,14,18H,1,4H2,2-3,5-6H3. The van der Waals surface area contributed by atoms with Gasteiger partial charge in [-0.05, 0) is 44.2 Å². The van der Waals surface area contributed by atoms with Gasteiger partial charge < -0.3 is 5.32 Å². The van der Waals surface area contributed by atoms with Gasteiger partial charge >= 0.3 is 0 Å². The molecule has 2 heteroatoms. The first-order valence-electron chi connectivity index (χ1n) is 6.43. The highest BCUT2D eigenvalue weighted by atomic mass is 32.2. The van der Waals surface area contributed by atoms with E-state index >= 15 is 0 Å². The van der Waals surface area contributed by atoms with Crippen LogP contribution >= 0.6 is 11.8 Å². The molecule has 1 N–H and O–H groups in total. The van der Waals surface area contributed by atoms with E-state index in [2.05, 4.69) is 63.5 Å². The van der Waals surface area contributed by atoms with Crippen molar-refractivity contribution in [3.63, 3.8) is 0 Å². The van der Waals surface area contributed by atoms with Crippen LogP contribution in [0.3, 0.4) is 0 Å². The lowest BCUT2D eigenvalue weighted by Gasteiger charge is -2.16. The number of hydrogen-bond acceptors (Lipinski definition) is 2. The molecule has 0 bridgehead atoms. The molecule has 0 saturated heterocycles. The molecular formula is C17H23NS. The molecule has 0 aromatic heterocycles. The molecule has 1 unspecified atom stereocenters. The largest absolute Gasteiger partial charge is 0.383 e. The highest BCUT2D eigenvalue weighted by Gasteiger charge is 2.07. The fraction of sp³-hybridized carbons (Fsp3) is 0.294. The summed E-state index contributed by atoms with van der Waals surface area (Å²) in [5, 5.41) is 5.20. The first-order valence-corrected chi connectivity index (χ1v) is 7.31. The molecule has 0 amide bonds. The van der Waals surface area contributed by atoms with Gasteiger partial charge in [-0.25, -0.2) is 0 Å². The molecule has 1 rings (SSSR count). The van der Waals surface area contributed by atoms with Gasteiger partial charge in [0.05, 0.1) is 0 Å². The summed E-state index contributed by atoms with van der Waals surface area (Å²) in [6.45, 7) is 16.1. The number of rotatable bonds is 6. The van der Waals surface area contributed by atoms with Gasteiger partial charge in [0.2, 0.25) is 0 Å². The summed E-state index contributed by atoms with van der Waals surface area (Å²) in [7, 11) is 0. The van der Waals surface area contributed by atoms with E-state index in [1.807, 2.05) is 12.3 Å². The van der Waals surface area contributed by atoms with Gasteiger partial charge in [0.1, 0.15) is 0 Å². The van der Waals surface area contributed by atoms with Gasteiger partial charge in [-0.1, -0.05) is 54.8 Å². The third kappa shape index (κ3) is 4.64. The molecule has 1 aromatic rings. The zero-order valence-electron chi connectivity index (χ0n) is 12.3. The molecule has 1 nitrogen and oxygen atoms in total. The SMILES string of the molecule is C=CSC(=C(C)C)c1ccc(C(C)NC(=C)C)cc1. The molecule has 0 heterocycles. The summed E-state index contributed by atoms with van der Waals surface area (Å²) in [5.41, 5.74) is 4.81. The maximum Gasteiger partial charge on any atom is 0.0482 e. The number of thioether (sulfide) groups is 1. The van der Waals surface area contributed by atoms with Crippen molar-refractivity contribution in [2.24, 2.45) is 0 Å². The Kier molecular flexibility index (Phi) is 5.97. The summed E-state index contributed by atoms with van der Waals surface area (Å²) < 4.78 is 0. The molecule has 0 aliphatic rings. The van der Waals surface area contributed by atoms with E-state index < -0.39 is 0 Å². The van der Waals surface area contributed by atoms with Crippen LogP contribution in [0, 0.1) is 0 Å². The van der Waals surface area contributed by atoms with E-state index in [-0.39, 0.29) is 6.04 Å². The van der Waals surface area contributed by atoms with E-state index in [9.17, 15) is 0 Å². The third-order valence-corrected chi connectivity index (χ3v) is 3.84. The van der Waals surface area contributed by atoms with Crippen molar-refractivity contribution in [2.75, 3.05) is 0 Å². The zero-order valence-corrected chi connectivity index (χ0v) is 13.1. The van der Waals surface area contributed by atoms with Gasteiger partial charge in [0.25, 0.3) is 0 Å². The van der Waals surface area contributed by atoms with Crippen molar-refractivity contribution in [3.8, 4) is 0 Å². The van der Waals surface area contributed by atoms with Gasteiger partial charge in [0.15, 0.2) is 0 Å². The van der Waals surface area contributed by atoms with Crippen molar-refractivity contribution >= 4 is 16.7 Å². The van der Waals surface area contributed by atoms with Crippen LogP contribution in [0.2, 0.25) is 0 Å². The van der Waals surface area contributed by atoms with Crippen molar-refractivity contribution < 1.29 is 0 Å². The quantitative estimate of drug-likeness (QED) is 0.734. The molecule has 0 aliphatic heterocycles. The highest BCUT2D eigenvalue weighted by Crippen LogP contribution is 2.31. The Morgan fingerprint density at radius 1 is 1.21 bits per heavy atom. The topological polar surface area (TPSA) is 12.0 Å². The molecule has 19 heavy (non-hydrogen) atoms. The molecule has 0 spiro atoms. The Labute approximate surface area is 121 Å². The van der Waals surface area contributed by atoms with Gasteiger partial charge in [-0.3, -0.25) is 0 Å². The molecule has 0 fully saturated rings. The number of hydrogen-bond donors (Lipinski definition) is 1. The van der Waals surface area contributed by atoms with Crippen LogP contribution in [0.15, 0.2) is 54.1 Å². The summed E-state index contributed by atoms with van der Waals surface area (Å²) >= 11 is 1.68. The lowest BCUT2D eigenvalue weighted by atomic mass is 10.0. The molecule has 0 radical (unpaired) electrons. The second kappa shape index (κ2) is 7.25. The van der Waals surface area contributed by atoms with E-state index in [1.54, 1.807) is 11.8 Å². The molecular weight excluding hydrogens is 250 g/mol. The summed E-state index contributed by atoms with van der Waals surface area (Å²) in [4.78, 5) is 1.28. The van der Waals surface area contributed by atoms with Crippen LogP contribution < -0.4 is 5.32 Å². The third-order valence-electron chi connectivity index (χ3n) is 2.79. The molecule has 1 atom stereocenters. The van der Waals surface area contributed by atoms with Crippen molar-refractivity contribution in [2.45, 2.75) is 33.7 Å². The van der Waals surface area contributed by atoms with Crippen LogP contribution in [0.1, 0.15) is 44.9 Å². The summed E-state index contributed by atoms with van der Waals surface area (Å²) in [5.74, 6) is 0. The molecule has 0 aliphatic carbocycles. The number of nitrogens with one attached hydrogen (secondary N) is 1. The summed E-state index contributed by atoms with van der Waals surface area (Å²) in [6.07, 6.45) is 0. The lowest BCUT2D eigenvalue weighted by molar-refractivity contribution is 0.656. The van der Waals surface area contributed by atoms with Crippen LogP contribution in [0.4, 0.5) is 0 Å². The first-order chi connectivity index (χ1) is 8.95. The zero-order chi connectivity index (χ0) is 14.4. The Hall–Kier alpha value is -1.41. The fourth-order valence-corrected chi connectivity index (χ4v) is 2.61. The van der Waals surface area contributed by atoms with Crippen LogP contribution in [0.5, 0.6) is 0 Å². The van der Waals surface area contributed by atoms with Gasteiger partial charge in [0, 0.05) is 16.6 Å². The normalized spacial score (nSPS) is 11.6. The Balaban J connectivity index is 2.95. The maximum absolute atomic E-state index is 3.88. The van der Waals surface area contributed by atoms with E-state index in [0.717, 1.165) is 5.70 Å². The minimum Gasteiger partial charge on any atom is -0.383 e. The highest BCUT2D eigenvalue weighted by molar-refractivity contribution is 8.10. The molecule has 102 valence electrons. The predicted molar refractivity (Wildman–Crippen MR) is 88.9 cm³/mol. The number of allylic oxidation sites excluding steroid dienone is 2. The van der Waals surface area contributed by atoms with Crippen LogP contribution in [0.25, 0.3) is 4.91 Å². The van der Waals surface area contributed by atoms with E-state index in [4.69, 9.17) is 0 Å². The monoisotopic (exact) mass is 273 g/mol. The minimum atomic E-state index is 0.286. The average Bonchev–Trinajstić information content (AvgIpc) is 2.35. The van der Waals surface area contributed by atoms with Gasteiger partial charge in [-0.15, -0.1) is 0 Å². The van der Waals surface area contributed by atoms with Gasteiger partial charge in [-0.2, -0.15) is 0 Å². The number of benzene rings is 1. The van der Waals surface area contributed by atoms with Crippen LogP contribution in [-0.2, 0) is 0 Å². The Morgan fingerprint density at radius 3 is 2.21 bits per heavy atom. The van der Waals surface area contributed by atoms with E-state index in [0.29, 0.717) is 0 Å². The van der Waals surface area contributed by atoms with Crippen molar-refractivity contribution in [1.29, 1.82) is 0 Å². The van der Waals surface area contributed by atoms with Crippen molar-refractivity contribution in [1.82, 2.24) is 5.32 Å². The van der Waals surface area contributed by atoms with E-state index in [1.165, 1.54) is 21.6 Å². The second-order valence-corrected chi connectivity index (χ2v) is 5.86. The second-order valence-electron chi connectivity index (χ2n) is 4.88. The maximum atomic E-state index is 3.88. The molecule has 0 saturated carbocycles. The Morgan fingerprint density at radius 2 is 1.79 bits per heavy atom. The fourth-order valence-electron chi connectivity index (χ4n) is 1.93. The summed E-state index contributed by atoms with van der Waals surface area (Å²) in [6, 6.07) is 8.97. The molecule has 1 aromatic carbocycles. The smallest absolute Gasteiger partial charge is 0.0482 e. The lowest BCUT2D eigenvalue weighted by Crippen LogP contribution is -2.15. The predicted octanol–water partition coefficient (Wildman–Crippen LogP) is 5.50. The van der Waals surface area contributed by atoms with Crippen LogP contribution in [-0.4, -0.2) is 0 Å². The Bertz CT molecular complexity index is 478. The van der Waals surface area contributed by atoms with Crippen molar-refractivity contribution in [3.05, 3.63) is 65.2 Å². The minimum absolute atomic E-state index is 0.286.